The molecule has 0 aromatic heterocycles. The van der Waals surface area contributed by atoms with Crippen LogP contribution in [0.1, 0.15) is 24.8 Å². The molecule has 3 heteroatoms. The highest BCUT2D eigenvalue weighted by atomic mass is 15.0. The second kappa shape index (κ2) is 5.66. The molecule has 1 heterocycles. The molecule has 1 aliphatic heterocycles. The van der Waals surface area contributed by atoms with E-state index in [1.807, 2.05) is 0 Å². The van der Waals surface area contributed by atoms with Gasteiger partial charge in [0.05, 0.1) is 0 Å². The number of nitrogens with one attached hydrogen (secondary N) is 1. The van der Waals surface area contributed by atoms with Crippen LogP contribution in [0, 0.1) is 0 Å². The Morgan fingerprint density at radius 3 is 2.62 bits per heavy atom. The Morgan fingerprint density at radius 2 is 2.00 bits per heavy atom. The van der Waals surface area contributed by atoms with Crippen LogP contribution in [-0.2, 0) is 6.42 Å². The van der Waals surface area contributed by atoms with Crippen LogP contribution in [0.4, 0.5) is 5.69 Å². The number of hydrogen-bond donors (Lipinski definition) is 2. The molecule has 0 aliphatic carbocycles. The van der Waals surface area contributed by atoms with E-state index >= 15 is 0 Å². The van der Waals surface area contributed by atoms with Crippen LogP contribution in [0.5, 0.6) is 0 Å². The lowest BCUT2D eigenvalue weighted by atomic mass is 10.1. The maximum Gasteiger partial charge on any atom is 0.101 e. The minimum Gasteiger partial charge on any atom is -0.344 e. The van der Waals surface area contributed by atoms with Crippen molar-refractivity contribution < 1.29 is 0 Å². The molecular weight excluding hydrogens is 198 g/mol. The van der Waals surface area contributed by atoms with Crippen molar-refractivity contribution >= 4 is 11.5 Å². The molecule has 3 N–H and O–H groups in total. The summed E-state index contributed by atoms with van der Waals surface area (Å²) in [4.78, 5) is 4.47. The molecule has 0 radical (unpaired) electrons. The second-order valence-corrected chi connectivity index (χ2v) is 4.15. The van der Waals surface area contributed by atoms with Gasteiger partial charge in [0.2, 0.25) is 0 Å². The standard InChI is InChI=1S/C13H19N3/c14-9-8-11-4-6-12(7-5-11)16-13-3-1-2-10-15-13/h4-7H,1-3,8-10,14H2,(H,15,16). The van der Waals surface area contributed by atoms with Crippen molar-refractivity contribution in [3.63, 3.8) is 0 Å². The maximum atomic E-state index is 5.51. The highest BCUT2D eigenvalue weighted by molar-refractivity contribution is 5.95. The number of hydrogen-bond acceptors (Lipinski definition) is 3. The first-order valence-corrected chi connectivity index (χ1v) is 5.98. The van der Waals surface area contributed by atoms with Gasteiger partial charge in [-0.3, -0.25) is 4.99 Å². The summed E-state index contributed by atoms with van der Waals surface area (Å²) in [6.45, 7) is 1.67. The van der Waals surface area contributed by atoms with Gasteiger partial charge in [0, 0.05) is 18.7 Å². The van der Waals surface area contributed by atoms with Crippen LogP contribution in [0.15, 0.2) is 29.3 Å². The van der Waals surface area contributed by atoms with Gasteiger partial charge in [0.15, 0.2) is 0 Å². The zero-order chi connectivity index (χ0) is 11.2. The first-order chi connectivity index (χ1) is 7.88. The van der Waals surface area contributed by atoms with Crippen LogP contribution < -0.4 is 11.1 Å². The Kier molecular flexibility index (Phi) is 3.94. The number of rotatable bonds is 3. The number of benzene rings is 1. The van der Waals surface area contributed by atoms with E-state index < -0.39 is 0 Å². The van der Waals surface area contributed by atoms with Crippen molar-refractivity contribution in [3.05, 3.63) is 29.8 Å². The lowest BCUT2D eigenvalue weighted by molar-refractivity contribution is 0.737. The molecule has 0 unspecified atom stereocenters. The molecule has 1 aromatic carbocycles. The molecular formula is C13H19N3. The van der Waals surface area contributed by atoms with Crippen LogP contribution in [0.3, 0.4) is 0 Å². The fourth-order valence-electron chi connectivity index (χ4n) is 1.89. The average Bonchev–Trinajstić information content (AvgIpc) is 2.33. The lowest BCUT2D eigenvalue weighted by Crippen LogP contribution is -2.16. The third-order valence-electron chi connectivity index (χ3n) is 2.80. The third-order valence-corrected chi connectivity index (χ3v) is 2.80. The quantitative estimate of drug-likeness (QED) is 0.815. The number of nitrogens with zero attached hydrogens (tertiary/aromatic N) is 1. The van der Waals surface area contributed by atoms with Gasteiger partial charge in [-0.15, -0.1) is 0 Å². The van der Waals surface area contributed by atoms with E-state index in [4.69, 9.17) is 5.73 Å². The molecule has 0 bridgehead atoms. The monoisotopic (exact) mass is 217 g/mol. The summed E-state index contributed by atoms with van der Waals surface area (Å²) in [6.07, 6.45) is 4.49. The Bertz CT molecular complexity index is 354. The summed E-state index contributed by atoms with van der Waals surface area (Å²) in [7, 11) is 0. The summed E-state index contributed by atoms with van der Waals surface area (Å²) in [5.74, 6) is 1.12. The van der Waals surface area contributed by atoms with E-state index in [-0.39, 0.29) is 0 Å². The van der Waals surface area contributed by atoms with Gasteiger partial charge in [0.25, 0.3) is 0 Å². The first kappa shape index (κ1) is 11.1. The van der Waals surface area contributed by atoms with Crippen molar-refractivity contribution in [2.45, 2.75) is 25.7 Å². The molecule has 0 spiro atoms. The minimum atomic E-state index is 0.708. The van der Waals surface area contributed by atoms with Crippen molar-refractivity contribution in [3.8, 4) is 0 Å². The summed E-state index contributed by atoms with van der Waals surface area (Å²) in [5.41, 5.74) is 7.93. The lowest BCUT2D eigenvalue weighted by Gasteiger charge is -2.14. The zero-order valence-corrected chi connectivity index (χ0v) is 9.58. The number of aliphatic imine (C=N–C) groups is 1. The SMILES string of the molecule is NCCc1ccc(NC2=NCCCC2)cc1. The summed E-state index contributed by atoms with van der Waals surface area (Å²) in [6, 6.07) is 8.45. The van der Waals surface area contributed by atoms with Crippen molar-refractivity contribution in [2.75, 3.05) is 18.4 Å². The largest absolute Gasteiger partial charge is 0.344 e. The molecule has 86 valence electrons. The Balaban J connectivity index is 1.96. The van der Waals surface area contributed by atoms with Gasteiger partial charge in [0.1, 0.15) is 5.84 Å². The molecule has 1 aromatic rings. The Labute approximate surface area is 96.8 Å². The highest BCUT2D eigenvalue weighted by Crippen LogP contribution is 2.13. The van der Waals surface area contributed by atoms with Gasteiger partial charge in [-0.2, -0.15) is 0 Å². The van der Waals surface area contributed by atoms with E-state index in [0.29, 0.717) is 6.54 Å². The third kappa shape index (κ3) is 3.07. The molecule has 0 saturated heterocycles. The Hall–Kier alpha value is -1.35. The van der Waals surface area contributed by atoms with E-state index in [0.717, 1.165) is 30.9 Å². The Morgan fingerprint density at radius 1 is 1.19 bits per heavy atom. The first-order valence-electron chi connectivity index (χ1n) is 5.98. The van der Waals surface area contributed by atoms with Crippen LogP contribution in [-0.4, -0.2) is 18.9 Å². The second-order valence-electron chi connectivity index (χ2n) is 4.15. The molecule has 1 aliphatic rings. The number of anilines is 1. The fraction of sp³-hybridized carbons (Fsp3) is 0.462. The predicted octanol–water partition coefficient (Wildman–Crippen LogP) is 2.18. The van der Waals surface area contributed by atoms with Crippen molar-refractivity contribution in [1.82, 2.24) is 0 Å². The summed E-state index contributed by atoms with van der Waals surface area (Å²) in [5, 5.41) is 3.37. The predicted molar refractivity (Wildman–Crippen MR) is 69.0 cm³/mol. The number of amidine groups is 1. The summed E-state index contributed by atoms with van der Waals surface area (Å²) >= 11 is 0. The molecule has 0 fully saturated rings. The van der Waals surface area contributed by atoms with Gasteiger partial charge in [-0.05, 0) is 43.5 Å². The van der Waals surface area contributed by atoms with Crippen LogP contribution >= 0.6 is 0 Å². The van der Waals surface area contributed by atoms with E-state index in [1.165, 1.54) is 18.4 Å². The summed E-state index contributed by atoms with van der Waals surface area (Å²) < 4.78 is 0. The molecule has 0 amide bonds. The van der Waals surface area contributed by atoms with Crippen molar-refractivity contribution in [1.29, 1.82) is 0 Å². The molecule has 0 saturated carbocycles. The van der Waals surface area contributed by atoms with Gasteiger partial charge >= 0.3 is 0 Å². The van der Waals surface area contributed by atoms with Crippen LogP contribution in [0.25, 0.3) is 0 Å². The minimum absolute atomic E-state index is 0.708. The smallest absolute Gasteiger partial charge is 0.101 e. The van der Waals surface area contributed by atoms with E-state index in [1.54, 1.807) is 0 Å². The topological polar surface area (TPSA) is 50.4 Å². The average molecular weight is 217 g/mol. The van der Waals surface area contributed by atoms with Crippen molar-refractivity contribution in [2.24, 2.45) is 10.7 Å². The molecule has 2 rings (SSSR count). The molecule has 3 nitrogen and oxygen atoms in total. The van der Waals surface area contributed by atoms with Gasteiger partial charge in [-0.25, -0.2) is 0 Å². The van der Waals surface area contributed by atoms with Crippen LogP contribution in [0.2, 0.25) is 0 Å². The van der Waals surface area contributed by atoms with E-state index in [2.05, 4.69) is 34.6 Å². The zero-order valence-electron chi connectivity index (χ0n) is 9.58. The fourth-order valence-corrected chi connectivity index (χ4v) is 1.89. The molecule has 16 heavy (non-hydrogen) atoms. The highest BCUT2D eigenvalue weighted by Gasteiger charge is 2.04. The normalized spacial score (nSPS) is 15.7. The number of nitrogens with two attached hydrogens (primary N) is 1. The van der Waals surface area contributed by atoms with E-state index in [9.17, 15) is 0 Å². The maximum absolute atomic E-state index is 5.51. The van der Waals surface area contributed by atoms with Gasteiger partial charge in [-0.1, -0.05) is 12.1 Å². The molecule has 0 atom stereocenters. The van der Waals surface area contributed by atoms with Gasteiger partial charge < -0.3 is 11.1 Å².